The topological polar surface area (TPSA) is 87.0 Å². The van der Waals surface area contributed by atoms with E-state index >= 15 is 0 Å². The van der Waals surface area contributed by atoms with Crippen molar-refractivity contribution in [1.29, 1.82) is 0 Å². The van der Waals surface area contributed by atoms with Gasteiger partial charge in [0.1, 0.15) is 5.60 Å². The van der Waals surface area contributed by atoms with Crippen LogP contribution in [0.3, 0.4) is 0 Å². The standard InChI is InChI=1S/C14H18O5/c15-12-6-7-13(16,14(12,17)18)8-9-19-10-11-4-2-1-3-5-11/h1-5,16-18H,6-10H2. The highest BCUT2D eigenvalue weighted by atomic mass is 16.5. The van der Waals surface area contributed by atoms with E-state index in [2.05, 4.69) is 0 Å². The van der Waals surface area contributed by atoms with Crippen LogP contribution >= 0.6 is 0 Å². The summed E-state index contributed by atoms with van der Waals surface area (Å²) in [6.07, 6.45) is 0.0360. The first kappa shape index (κ1) is 14.1. The van der Waals surface area contributed by atoms with Crippen LogP contribution in [-0.4, -0.2) is 39.1 Å². The van der Waals surface area contributed by atoms with Crippen molar-refractivity contribution in [1.82, 2.24) is 0 Å². The largest absolute Gasteiger partial charge is 0.384 e. The predicted octanol–water partition coefficient (Wildman–Crippen LogP) is 0.368. The zero-order chi connectivity index (χ0) is 13.9. The first-order valence-electron chi connectivity index (χ1n) is 6.28. The van der Waals surface area contributed by atoms with Crippen LogP contribution in [0, 0.1) is 0 Å². The molecule has 5 heteroatoms. The number of carbonyl (C=O) groups is 1. The zero-order valence-corrected chi connectivity index (χ0v) is 10.6. The molecule has 0 radical (unpaired) electrons. The predicted molar refractivity (Wildman–Crippen MR) is 67.1 cm³/mol. The monoisotopic (exact) mass is 266 g/mol. The molecule has 1 aliphatic rings. The van der Waals surface area contributed by atoms with E-state index in [1.54, 1.807) is 0 Å². The van der Waals surface area contributed by atoms with Gasteiger partial charge in [-0.05, 0) is 12.0 Å². The molecule has 1 aliphatic carbocycles. The number of aliphatic hydroxyl groups is 3. The molecule has 1 aromatic carbocycles. The number of carbonyl (C=O) groups excluding carboxylic acids is 1. The summed E-state index contributed by atoms with van der Waals surface area (Å²) in [6.45, 7) is 0.538. The van der Waals surface area contributed by atoms with E-state index in [9.17, 15) is 20.1 Å². The Morgan fingerprint density at radius 1 is 1.16 bits per heavy atom. The van der Waals surface area contributed by atoms with Crippen LogP contribution in [0.25, 0.3) is 0 Å². The first-order chi connectivity index (χ1) is 8.96. The van der Waals surface area contributed by atoms with E-state index in [0.717, 1.165) is 5.56 Å². The number of ether oxygens (including phenoxy) is 1. The van der Waals surface area contributed by atoms with Crippen molar-refractivity contribution >= 4 is 5.78 Å². The lowest BCUT2D eigenvalue weighted by molar-refractivity contribution is -0.248. The highest BCUT2D eigenvalue weighted by Gasteiger charge is 2.58. The smallest absolute Gasteiger partial charge is 0.253 e. The third-order valence-corrected chi connectivity index (χ3v) is 3.57. The maximum Gasteiger partial charge on any atom is 0.253 e. The Labute approximate surface area is 111 Å². The van der Waals surface area contributed by atoms with E-state index in [1.165, 1.54) is 0 Å². The zero-order valence-electron chi connectivity index (χ0n) is 10.6. The minimum absolute atomic E-state index is 0.0125. The number of rotatable bonds is 5. The number of ketones is 1. The Kier molecular flexibility index (Phi) is 4.01. The molecule has 3 N–H and O–H groups in total. The van der Waals surface area contributed by atoms with Crippen LogP contribution in [0.1, 0.15) is 24.8 Å². The van der Waals surface area contributed by atoms with Crippen molar-refractivity contribution in [3.63, 3.8) is 0 Å². The molecule has 104 valence electrons. The maximum atomic E-state index is 11.3. The number of Topliss-reactive ketones (excluding diaryl/α,β-unsaturated/α-hetero) is 1. The summed E-state index contributed by atoms with van der Waals surface area (Å²) < 4.78 is 5.38. The Morgan fingerprint density at radius 2 is 1.84 bits per heavy atom. The van der Waals surface area contributed by atoms with Gasteiger partial charge in [-0.2, -0.15) is 0 Å². The summed E-state index contributed by atoms with van der Waals surface area (Å²) in [5.41, 5.74) is -0.808. The van der Waals surface area contributed by atoms with Gasteiger partial charge in [0, 0.05) is 19.4 Å². The summed E-state index contributed by atoms with van der Waals surface area (Å²) in [4.78, 5) is 11.3. The Morgan fingerprint density at radius 3 is 2.42 bits per heavy atom. The van der Waals surface area contributed by atoms with E-state index < -0.39 is 17.2 Å². The van der Waals surface area contributed by atoms with Crippen LogP contribution in [0.4, 0.5) is 0 Å². The molecule has 1 atom stereocenters. The molecule has 0 heterocycles. The summed E-state index contributed by atoms with van der Waals surface area (Å²) in [6, 6.07) is 9.53. The molecule has 0 bridgehead atoms. The van der Waals surface area contributed by atoms with Crippen molar-refractivity contribution in [3.8, 4) is 0 Å². The van der Waals surface area contributed by atoms with E-state index in [-0.39, 0.29) is 25.9 Å². The fraction of sp³-hybridized carbons (Fsp3) is 0.500. The molecular formula is C14H18O5. The molecular weight excluding hydrogens is 248 g/mol. The van der Waals surface area contributed by atoms with E-state index in [4.69, 9.17) is 4.74 Å². The molecule has 0 aliphatic heterocycles. The van der Waals surface area contributed by atoms with E-state index in [0.29, 0.717) is 6.61 Å². The molecule has 1 unspecified atom stereocenters. The molecule has 0 spiro atoms. The van der Waals surface area contributed by atoms with Crippen molar-refractivity contribution in [3.05, 3.63) is 35.9 Å². The second-order valence-corrected chi connectivity index (χ2v) is 4.92. The SMILES string of the molecule is O=C1CCC(O)(CCOCc2ccccc2)C1(O)O. The van der Waals surface area contributed by atoms with Crippen LogP contribution in [0.2, 0.25) is 0 Å². The van der Waals surface area contributed by atoms with Crippen molar-refractivity contribution < 1.29 is 24.9 Å². The van der Waals surface area contributed by atoms with Gasteiger partial charge in [-0.3, -0.25) is 4.79 Å². The van der Waals surface area contributed by atoms with Gasteiger partial charge >= 0.3 is 0 Å². The number of benzene rings is 1. The minimum Gasteiger partial charge on any atom is -0.384 e. The molecule has 0 aromatic heterocycles. The molecule has 1 aromatic rings. The van der Waals surface area contributed by atoms with Gasteiger partial charge in [0.2, 0.25) is 0 Å². The Bertz CT molecular complexity index is 442. The minimum atomic E-state index is -2.65. The average Bonchev–Trinajstić information content (AvgIpc) is 2.60. The molecule has 2 rings (SSSR count). The van der Waals surface area contributed by atoms with Crippen molar-refractivity contribution in [2.45, 2.75) is 37.3 Å². The molecule has 0 saturated heterocycles. The third kappa shape index (κ3) is 2.84. The number of hydrogen-bond donors (Lipinski definition) is 3. The lowest BCUT2D eigenvalue weighted by Gasteiger charge is -2.31. The van der Waals surface area contributed by atoms with Gasteiger partial charge in [0.25, 0.3) is 5.79 Å². The summed E-state index contributed by atoms with van der Waals surface area (Å²) in [5, 5.41) is 29.3. The number of hydrogen-bond acceptors (Lipinski definition) is 5. The highest BCUT2D eigenvalue weighted by molar-refractivity contribution is 5.89. The van der Waals surface area contributed by atoms with Gasteiger partial charge in [-0.25, -0.2) is 0 Å². The summed E-state index contributed by atoms with van der Waals surface area (Å²) in [7, 11) is 0. The molecule has 19 heavy (non-hydrogen) atoms. The molecule has 0 amide bonds. The van der Waals surface area contributed by atoms with Crippen LogP contribution < -0.4 is 0 Å². The van der Waals surface area contributed by atoms with Gasteiger partial charge < -0.3 is 20.1 Å². The van der Waals surface area contributed by atoms with Crippen LogP contribution in [-0.2, 0) is 16.1 Å². The lowest BCUT2D eigenvalue weighted by atomic mass is 9.93. The second-order valence-electron chi connectivity index (χ2n) is 4.92. The molecule has 1 saturated carbocycles. The summed E-state index contributed by atoms with van der Waals surface area (Å²) >= 11 is 0. The molecule has 1 fully saturated rings. The molecule has 5 nitrogen and oxygen atoms in total. The van der Waals surface area contributed by atoms with Crippen LogP contribution in [0.15, 0.2) is 30.3 Å². The average molecular weight is 266 g/mol. The summed E-state index contributed by atoms with van der Waals surface area (Å²) in [5.74, 6) is -3.39. The maximum absolute atomic E-state index is 11.3. The normalized spacial score (nSPS) is 25.7. The quantitative estimate of drug-likeness (QED) is 0.529. The lowest BCUT2D eigenvalue weighted by Crippen LogP contribution is -2.54. The van der Waals surface area contributed by atoms with Gasteiger partial charge in [-0.15, -0.1) is 0 Å². The van der Waals surface area contributed by atoms with Crippen LogP contribution in [0.5, 0.6) is 0 Å². The highest BCUT2D eigenvalue weighted by Crippen LogP contribution is 2.37. The first-order valence-corrected chi connectivity index (χ1v) is 6.28. The van der Waals surface area contributed by atoms with Crippen molar-refractivity contribution in [2.75, 3.05) is 6.61 Å². The fourth-order valence-corrected chi connectivity index (χ4v) is 2.23. The van der Waals surface area contributed by atoms with E-state index in [1.807, 2.05) is 30.3 Å². The third-order valence-electron chi connectivity index (χ3n) is 3.57. The van der Waals surface area contributed by atoms with Gasteiger partial charge in [0.05, 0.1) is 6.61 Å². The Balaban J connectivity index is 1.81. The van der Waals surface area contributed by atoms with Gasteiger partial charge in [-0.1, -0.05) is 30.3 Å². The van der Waals surface area contributed by atoms with Crippen molar-refractivity contribution in [2.24, 2.45) is 0 Å². The second kappa shape index (κ2) is 5.38. The Hall–Kier alpha value is -1.27. The fourth-order valence-electron chi connectivity index (χ4n) is 2.23. The van der Waals surface area contributed by atoms with Gasteiger partial charge in [0.15, 0.2) is 5.78 Å².